The first-order valence-electron chi connectivity index (χ1n) is 10.1. The van der Waals surface area contributed by atoms with Gasteiger partial charge in [0.25, 0.3) is 5.91 Å². The molecule has 3 rings (SSSR count). The van der Waals surface area contributed by atoms with E-state index in [2.05, 4.69) is 14.6 Å². The average molecular weight is 434 g/mol. The molecule has 0 spiro atoms. The molecule has 1 aromatic carbocycles. The van der Waals surface area contributed by atoms with Gasteiger partial charge < -0.3 is 19.1 Å². The fourth-order valence-electron chi connectivity index (χ4n) is 3.19. The van der Waals surface area contributed by atoms with Crippen molar-refractivity contribution >= 4 is 34.1 Å². The molecular weight excluding hydrogens is 402 g/mol. The zero-order chi connectivity index (χ0) is 22.1. The molecule has 0 radical (unpaired) electrons. The second kappa shape index (κ2) is 9.05. The van der Waals surface area contributed by atoms with Crippen molar-refractivity contribution in [1.82, 2.24) is 19.6 Å². The summed E-state index contributed by atoms with van der Waals surface area (Å²) < 4.78 is 20.9. The third kappa shape index (κ3) is 5.03. The number of hydrogen-bond donors (Lipinski definition) is 1. The lowest BCUT2D eigenvalue weighted by Crippen LogP contribution is -2.40. The molecule has 30 heavy (non-hydrogen) atoms. The lowest BCUT2D eigenvalue weighted by molar-refractivity contribution is 0.0827. The first kappa shape index (κ1) is 22.7. The Labute approximate surface area is 181 Å². The van der Waals surface area contributed by atoms with Crippen molar-refractivity contribution in [2.75, 3.05) is 45.3 Å². The van der Waals surface area contributed by atoms with Crippen LogP contribution in [0.4, 0.5) is 5.82 Å². The number of nitrogens with one attached hydrogen (secondary N) is 1. The summed E-state index contributed by atoms with van der Waals surface area (Å²) in [6.07, 6.45) is 1.74. The van der Waals surface area contributed by atoms with Gasteiger partial charge in [-0.2, -0.15) is 0 Å². The summed E-state index contributed by atoms with van der Waals surface area (Å²) in [6, 6.07) is 3.32. The Morgan fingerprint density at radius 2 is 1.97 bits per heavy atom. The highest BCUT2D eigenvalue weighted by Crippen LogP contribution is 2.28. The van der Waals surface area contributed by atoms with E-state index in [4.69, 9.17) is 9.72 Å². The Morgan fingerprint density at radius 3 is 2.57 bits per heavy atom. The predicted molar refractivity (Wildman–Crippen MR) is 120 cm³/mol. The van der Waals surface area contributed by atoms with Crippen molar-refractivity contribution in [2.24, 2.45) is 0 Å². The summed E-state index contributed by atoms with van der Waals surface area (Å²) in [5, 5.41) is 0. The number of ether oxygens (including phenoxy) is 1. The van der Waals surface area contributed by atoms with Crippen LogP contribution in [0.15, 0.2) is 18.3 Å². The van der Waals surface area contributed by atoms with Crippen LogP contribution in [0.3, 0.4) is 0 Å². The molecule has 164 valence electrons. The number of fused-ring (bicyclic) bond motifs is 1. The number of aromatic nitrogens is 2. The lowest BCUT2D eigenvalue weighted by Gasteiger charge is -2.29. The summed E-state index contributed by atoms with van der Waals surface area (Å²) in [5.41, 5.74) is 2.69. The molecular formula is C21H31N5O3S. The van der Waals surface area contributed by atoms with Gasteiger partial charge in [0.1, 0.15) is 10.6 Å². The lowest BCUT2D eigenvalue weighted by atomic mass is 10.0. The highest BCUT2D eigenvalue weighted by atomic mass is 32.2. The molecule has 0 bridgehead atoms. The fraction of sp³-hybridized carbons (Fsp3) is 0.571. The van der Waals surface area contributed by atoms with Crippen molar-refractivity contribution in [3.8, 4) is 0 Å². The van der Waals surface area contributed by atoms with Gasteiger partial charge in [0.05, 0.1) is 36.5 Å². The number of hydrogen-bond acceptors (Lipinski definition) is 7. The van der Waals surface area contributed by atoms with E-state index in [0.29, 0.717) is 29.8 Å². The molecule has 1 aromatic heterocycles. The predicted octanol–water partition coefficient (Wildman–Crippen LogP) is 2.28. The highest BCUT2D eigenvalue weighted by Gasteiger charge is 2.29. The number of nitrogens with zero attached hydrogens (tertiary/aromatic N) is 4. The van der Waals surface area contributed by atoms with Crippen LogP contribution in [-0.4, -0.2) is 70.5 Å². The first-order chi connectivity index (χ1) is 14.1. The maximum absolute atomic E-state index is 12.7. The molecule has 1 aliphatic rings. The normalized spacial score (nSPS) is 17.1. The van der Waals surface area contributed by atoms with Crippen LogP contribution < -0.4 is 9.62 Å². The van der Waals surface area contributed by atoms with Gasteiger partial charge in [-0.15, -0.1) is 4.72 Å². The monoisotopic (exact) mass is 433 g/mol. The summed E-state index contributed by atoms with van der Waals surface area (Å²) in [7, 11) is 3.44. The molecule has 1 N–H and O–H groups in total. The highest BCUT2D eigenvalue weighted by molar-refractivity contribution is 7.90. The quantitative estimate of drug-likeness (QED) is 0.723. The second-order valence-corrected chi connectivity index (χ2v) is 10.7. The summed E-state index contributed by atoms with van der Waals surface area (Å²) in [4.78, 5) is 25.8. The van der Waals surface area contributed by atoms with Gasteiger partial charge in [0.15, 0.2) is 0 Å². The third-order valence-electron chi connectivity index (χ3n) is 4.96. The van der Waals surface area contributed by atoms with Gasteiger partial charge in [-0.1, -0.05) is 0 Å². The van der Waals surface area contributed by atoms with Crippen LogP contribution in [0, 0.1) is 0 Å². The molecule has 9 heteroatoms. The van der Waals surface area contributed by atoms with E-state index in [0.717, 1.165) is 24.5 Å². The molecule has 2 heterocycles. The number of carbonyl (C=O) groups is 1. The first-order valence-corrected chi connectivity index (χ1v) is 11.3. The number of anilines is 1. The average Bonchev–Trinajstić information content (AvgIpc) is 2.71. The molecule has 1 saturated heterocycles. The van der Waals surface area contributed by atoms with Crippen molar-refractivity contribution in [2.45, 2.75) is 38.5 Å². The van der Waals surface area contributed by atoms with Crippen LogP contribution >= 0.6 is 0 Å². The zero-order valence-corrected chi connectivity index (χ0v) is 19.4. The minimum absolute atomic E-state index is 0.110. The van der Waals surface area contributed by atoms with E-state index in [9.17, 15) is 9.35 Å². The summed E-state index contributed by atoms with van der Waals surface area (Å²) in [5.74, 6) is 0.671. The Kier molecular flexibility index (Phi) is 6.86. The van der Waals surface area contributed by atoms with Gasteiger partial charge in [0, 0.05) is 49.7 Å². The van der Waals surface area contributed by atoms with E-state index < -0.39 is 16.1 Å². The van der Waals surface area contributed by atoms with Crippen molar-refractivity contribution < 1.29 is 14.1 Å². The number of amides is 1. The van der Waals surface area contributed by atoms with Crippen LogP contribution in [0.25, 0.3) is 11.0 Å². The van der Waals surface area contributed by atoms with E-state index in [1.165, 1.54) is 4.90 Å². The third-order valence-corrected chi connectivity index (χ3v) is 6.64. The SMILES string of the molecule is CC(N[S+]([O-])C(C)(C)C)c1cc(C(=O)N(C)C)cc2ncc(N3CCOCC3)nc12. The maximum atomic E-state index is 12.7. The minimum atomic E-state index is -1.27. The molecule has 1 aliphatic heterocycles. The second-order valence-electron chi connectivity index (χ2n) is 8.68. The Morgan fingerprint density at radius 1 is 1.30 bits per heavy atom. The van der Waals surface area contributed by atoms with Gasteiger partial charge in [-0.05, 0) is 39.8 Å². The standard InChI is InChI=1S/C21H31N5O3S/c1-14(24-30(28)21(2,3)4)16-11-15(20(27)25(5)6)12-17-19(16)23-18(13-22-17)26-7-9-29-10-8-26/h11-14,24H,7-10H2,1-6H3. The smallest absolute Gasteiger partial charge is 0.253 e. The van der Waals surface area contributed by atoms with Crippen LogP contribution in [0.1, 0.15) is 49.7 Å². The maximum Gasteiger partial charge on any atom is 0.253 e. The van der Waals surface area contributed by atoms with Crippen molar-refractivity contribution in [1.29, 1.82) is 0 Å². The fourth-order valence-corrected chi connectivity index (χ4v) is 3.99. The zero-order valence-electron chi connectivity index (χ0n) is 18.6. The molecule has 1 fully saturated rings. The van der Waals surface area contributed by atoms with E-state index in [-0.39, 0.29) is 11.9 Å². The van der Waals surface area contributed by atoms with Crippen LogP contribution in [0.2, 0.25) is 0 Å². The van der Waals surface area contributed by atoms with Crippen LogP contribution in [0.5, 0.6) is 0 Å². The van der Waals surface area contributed by atoms with Crippen molar-refractivity contribution in [3.63, 3.8) is 0 Å². The number of benzene rings is 1. The van der Waals surface area contributed by atoms with Gasteiger partial charge >= 0.3 is 0 Å². The number of morpholine rings is 1. The molecule has 0 saturated carbocycles. The van der Waals surface area contributed by atoms with Gasteiger partial charge in [-0.3, -0.25) is 9.78 Å². The van der Waals surface area contributed by atoms with E-state index >= 15 is 0 Å². The molecule has 2 atom stereocenters. The minimum Gasteiger partial charge on any atom is -0.598 e. The molecule has 2 unspecified atom stereocenters. The molecule has 8 nitrogen and oxygen atoms in total. The van der Waals surface area contributed by atoms with Gasteiger partial charge in [-0.25, -0.2) is 4.98 Å². The summed E-state index contributed by atoms with van der Waals surface area (Å²) >= 11 is -1.27. The molecule has 2 aromatic rings. The van der Waals surface area contributed by atoms with Crippen LogP contribution in [-0.2, 0) is 16.1 Å². The Hall–Kier alpha value is -1.94. The molecule has 0 aliphatic carbocycles. The number of carbonyl (C=O) groups excluding carboxylic acids is 1. The topological polar surface area (TPSA) is 93.6 Å². The largest absolute Gasteiger partial charge is 0.598 e. The Bertz CT molecular complexity index is 909. The summed E-state index contributed by atoms with van der Waals surface area (Å²) in [6.45, 7) is 10.5. The van der Waals surface area contributed by atoms with Gasteiger partial charge in [0.2, 0.25) is 0 Å². The van der Waals surface area contributed by atoms with E-state index in [1.807, 2.05) is 33.8 Å². The Balaban J connectivity index is 2.07. The molecule has 1 amide bonds. The number of rotatable bonds is 5. The van der Waals surface area contributed by atoms with E-state index in [1.54, 1.807) is 26.4 Å². The van der Waals surface area contributed by atoms with Crippen molar-refractivity contribution in [3.05, 3.63) is 29.5 Å².